The van der Waals surface area contributed by atoms with Gasteiger partial charge in [0.15, 0.2) is 0 Å². The Bertz CT molecular complexity index is 332. The molecule has 0 rings (SSSR count). The molecule has 0 heterocycles. The third kappa shape index (κ3) is 25.9. The number of halogens is 1. The van der Waals surface area contributed by atoms with Crippen molar-refractivity contribution in [3.05, 3.63) is 0 Å². The summed E-state index contributed by atoms with van der Waals surface area (Å²) in [7, 11) is 30.7. The van der Waals surface area contributed by atoms with Crippen molar-refractivity contribution in [3.63, 3.8) is 0 Å². The van der Waals surface area contributed by atoms with Crippen molar-refractivity contribution in [1.82, 2.24) is 4.24 Å². The zero-order valence-corrected chi connectivity index (χ0v) is 28.7. The van der Waals surface area contributed by atoms with Gasteiger partial charge in [-0.1, -0.05) is 11.7 Å². The Hall–Kier alpha value is 7.69. The van der Waals surface area contributed by atoms with Crippen molar-refractivity contribution >= 4 is 229 Å². The second-order valence-electron chi connectivity index (χ2n) is 1.76. The van der Waals surface area contributed by atoms with E-state index in [1.54, 1.807) is 157 Å². The number of rotatable bonds is 19. The van der Waals surface area contributed by atoms with Gasteiger partial charge in [0.25, 0.3) is 0 Å². The molecule has 0 saturated carbocycles. The van der Waals surface area contributed by atoms with Gasteiger partial charge in [0.1, 0.15) is 0 Å². The van der Waals surface area contributed by atoms with E-state index in [1.165, 1.54) is 19.7 Å². The van der Waals surface area contributed by atoms with E-state index in [2.05, 4.69) is 15.9 Å². The molecule has 0 unspecified atom stereocenters. The van der Waals surface area contributed by atoms with Crippen LogP contribution in [-0.2, 0) is 28.7 Å². The van der Waals surface area contributed by atoms with Crippen molar-refractivity contribution in [1.29, 1.82) is 0 Å². The first-order valence-corrected chi connectivity index (χ1v) is 32.8. The number of hydrogen-bond acceptors (Lipinski definition) is 21. The second-order valence-corrected chi connectivity index (χ2v) is 41.7. The van der Waals surface area contributed by atoms with Gasteiger partial charge < -0.3 is 0 Å². The van der Waals surface area contributed by atoms with E-state index in [-0.39, 0.29) is 0 Å². The van der Waals surface area contributed by atoms with Crippen LogP contribution in [0.2, 0.25) is 0 Å². The molecule has 0 atom stereocenters. The summed E-state index contributed by atoms with van der Waals surface area (Å²) >= 11 is 19.7. The zero-order valence-electron chi connectivity index (χ0n) is 9.90. The van der Waals surface area contributed by atoms with Gasteiger partial charge >= 0.3 is 0 Å². The lowest BCUT2D eigenvalue weighted by molar-refractivity contribution is 1.74. The molecule has 24 heavy (non-hydrogen) atoms. The van der Waals surface area contributed by atoms with Gasteiger partial charge in [-0.25, -0.2) is 0 Å². The van der Waals surface area contributed by atoms with Crippen molar-refractivity contribution in [2.45, 2.75) is 0 Å². The van der Waals surface area contributed by atoms with Crippen LogP contribution in [0.3, 0.4) is 0 Å². The summed E-state index contributed by atoms with van der Waals surface area (Å²) in [6.07, 6.45) is -1.76. The Balaban J connectivity index is 3.08. The normalized spacial score (nSPS) is 11.9. The fraction of sp³-hybridized carbons (Fsp3) is 0. The smallest absolute Gasteiger partial charge is 0.0421 e. The highest BCUT2D eigenvalue weighted by Gasteiger charge is 2.03. The molecule has 146 valence electrons. The van der Waals surface area contributed by atoms with E-state index in [0.29, 0.717) is 0 Å². The van der Waals surface area contributed by atoms with Crippen LogP contribution < -0.4 is 4.24 Å². The minimum Gasteiger partial charge on any atom is -0.162 e. The van der Waals surface area contributed by atoms with Crippen LogP contribution in [0.15, 0.2) is 0 Å². The van der Waals surface area contributed by atoms with Gasteiger partial charge in [-0.2, -0.15) is 4.24 Å². The average Bonchev–Trinajstić information content (AvgIpc) is 2.57. The van der Waals surface area contributed by atoms with Gasteiger partial charge in [-0.05, 0) is 113 Å². The highest BCUT2D eigenvalue weighted by molar-refractivity contribution is 9.58. The first-order chi connectivity index (χ1) is 11.6. The molecule has 0 aliphatic rings. The Morgan fingerprint density at radius 2 is 0.875 bits per heavy atom. The molecular formula is H2ClNS22. The van der Waals surface area contributed by atoms with Crippen LogP contribution in [0.25, 0.3) is 0 Å². The highest BCUT2D eigenvalue weighted by atomic mass is 35.5. The topological polar surface area (TPSA) is 12.0 Å². The van der Waals surface area contributed by atoms with Crippen molar-refractivity contribution < 1.29 is 0 Å². The standard InChI is InChI=1S/ClH2NS22/c1-2-24(4,5)23-22-21-20-19-18-17-16-15-14-13-12-11-10-9-8-7-6-3/h2-3H. The summed E-state index contributed by atoms with van der Waals surface area (Å²) in [5.41, 5.74) is 0. The fourth-order valence-corrected chi connectivity index (χ4v) is 52.0. The molecule has 0 aromatic rings. The van der Waals surface area contributed by atoms with Gasteiger partial charge in [0, 0.05) is 105 Å². The summed E-state index contributed by atoms with van der Waals surface area (Å²) in [5.74, 6) is 0. The minimum absolute atomic E-state index is 1.43. The molecule has 0 bridgehead atoms. The molecule has 0 fully saturated rings. The lowest BCUT2D eigenvalue weighted by atomic mass is 13.9. The van der Waals surface area contributed by atoms with Crippen LogP contribution in [0.4, 0.5) is 0 Å². The van der Waals surface area contributed by atoms with E-state index in [0.717, 1.165) is 0 Å². The predicted octanol–water partition coefficient (Wildman–Crippen LogP) is 12.2. The molecule has 0 amide bonds. The van der Waals surface area contributed by atoms with E-state index in [4.69, 9.17) is 34.2 Å². The van der Waals surface area contributed by atoms with E-state index >= 15 is 0 Å². The lowest BCUT2D eigenvalue weighted by Gasteiger charge is -2.03. The summed E-state index contributed by atoms with van der Waals surface area (Å²) in [6.45, 7) is 0. The van der Waals surface area contributed by atoms with Crippen molar-refractivity contribution in [3.8, 4) is 0 Å². The summed E-state index contributed by atoms with van der Waals surface area (Å²) in [4.78, 5) is 0. The van der Waals surface area contributed by atoms with Crippen LogP contribution in [-0.4, -0.2) is 0 Å². The number of hydrogen-bond donors (Lipinski definition) is 2. The molecule has 24 heteroatoms. The van der Waals surface area contributed by atoms with Crippen molar-refractivity contribution in [2.75, 3.05) is 0 Å². The van der Waals surface area contributed by atoms with E-state index < -0.39 is 6.36 Å². The molecule has 0 saturated heterocycles. The lowest BCUT2D eigenvalue weighted by Crippen LogP contribution is -2.02. The maximum atomic E-state index is 5.47. The third-order valence-corrected chi connectivity index (χ3v) is 46.4. The molecule has 0 aliphatic heterocycles. The molecule has 0 aromatic heterocycles. The molecule has 0 aromatic carbocycles. The molecule has 0 radical (unpaired) electrons. The van der Waals surface area contributed by atoms with Gasteiger partial charge in [-0.15, -0.1) is 0 Å². The molecular weight excluding hydrogens is 755 g/mol. The third-order valence-electron chi connectivity index (χ3n) is 0.659. The zero-order chi connectivity index (χ0) is 17.9. The Kier molecular flexibility index (Phi) is 33.4. The van der Waals surface area contributed by atoms with E-state index in [1.807, 2.05) is 0 Å². The molecule has 1 N–H and O–H groups in total. The van der Waals surface area contributed by atoms with E-state index in [9.17, 15) is 0 Å². The summed E-state index contributed by atoms with van der Waals surface area (Å²) < 4.78 is 2.46. The summed E-state index contributed by atoms with van der Waals surface area (Å²) in [5, 5.41) is 0. The average molecular weight is 757 g/mol. The number of nitrogens with one attached hydrogen (secondary N) is 1. The molecule has 0 spiro atoms. The molecule has 0 aliphatic carbocycles. The fourth-order valence-electron chi connectivity index (χ4n) is 0.232. The monoisotopic (exact) mass is 754 g/mol. The van der Waals surface area contributed by atoms with Crippen LogP contribution in [0, 0.1) is 0 Å². The quantitative estimate of drug-likeness (QED) is 0.0561. The predicted molar refractivity (Wildman–Crippen MR) is 177 cm³/mol. The maximum Gasteiger partial charge on any atom is 0.0421 e. The van der Waals surface area contributed by atoms with Gasteiger partial charge in [0.2, 0.25) is 0 Å². The summed E-state index contributed by atoms with van der Waals surface area (Å²) in [6, 6.07) is 0. The van der Waals surface area contributed by atoms with Crippen LogP contribution in [0.5, 0.6) is 0 Å². The Labute approximate surface area is 228 Å². The Morgan fingerprint density at radius 3 is 1.17 bits per heavy atom. The largest absolute Gasteiger partial charge is 0.162 e. The second kappa shape index (κ2) is 25.3. The SMILES string of the molecule is S=S(=S)(NCl)SSSSSSSSSSSSSSSSSSS. The minimum atomic E-state index is -1.76. The van der Waals surface area contributed by atoms with Crippen molar-refractivity contribution in [2.24, 2.45) is 0 Å². The first kappa shape index (κ1) is 31.7. The molecule has 1 nitrogen and oxygen atoms in total. The maximum absolute atomic E-state index is 5.47. The van der Waals surface area contributed by atoms with Gasteiger partial charge in [-0.3, -0.25) is 0 Å². The van der Waals surface area contributed by atoms with Crippen LogP contribution >= 0.6 is 200 Å². The van der Waals surface area contributed by atoms with Gasteiger partial charge in [0.05, 0.1) is 0 Å². The number of thiol groups is 1. The van der Waals surface area contributed by atoms with Crippen LogP contribution in [0.1, 0.15) is 0 Å². The first-order valence-electron chi connectivity index (χ1n) is 3.91. The Morgan fingerprint density at radius 1 is 0.583 bits per heavy atom. The highest BCUT2D eigenvalue weighted by Crippen LogP contribution is 2.64.